The van der Waals surface area contributed by atoms with Gasteiger partial charge in [-0.1, -0.05) is 6.42 Å². The summed E-state index contributed by atoms with van der Waals surface area (Å²) in [6.45, 7) is 10.7. The average Bonchev–Trinajstić information content (AvgIpc) is 2.45. The van der Waals surface area contributed by atoms with Crippen LogP contribution in [0, 0.1) is 0 Å². The van der Waals surface area contributed by atoms with Crippen LogP contribution in [0.2, 0.25) is 0 Å². The summed E-state index contributed by atoms with van der Waals surface area (Å²) < 4.78 is 5.07. The Kier molecular flexibility index (Phi) is 5.63. The zero-order chi connectivity index (χ0) is 15.5. The van der Waals surface area contributed by atoms with E-state index in [0.29, 0.717) is 25.1 Å². The van der Waals surface area contributed by atoms with E-state index in [1.807, 2.05) is 6.92 Å². The van der Waals surface area contributed by atoms with Gasteiger partial charge in [0.05, 0.1) is 6.61 Å². The van der Waals surface area contributed by atoms with Crippen molar-refractivity contribution in [3.05, 3.63) is 0 Å². The average molecular weight is 297 g/mol. The van der Waals surface area contributed by atoms with Crippen LogP contribution in [0.15, 0.2) is 0 Å². The highest BCUT2D eigenvalue weighted by Gasteiger charge is 2.35. The highest BCUT2D eigenvalue weighted by molar-refractivity contribution is 5.79. The molecule has 2 heterocycles. The van der Waals surface area contributed by atoms with Gasteiger partial charge < -0.3 is 10.5 Å². The molecule has 3 unspecified atom stereocenters. The van der Waals surface area contributed by atoms with Gasteiger partial charge in [0.25, 0.3) is 0 Å². The lowest BCUT2D eigenvalue weighted by Gasteiger charge is -2.48. The maximum atomic E-state index is 11.9. The molecule has 0 bridgehead atoms. The monoisotopic (exact) mass is 297 g/mol. The van der Waals surface area contributed by atoms with Gasteiger partial charge in [-0.05, 0) is 46.6 Å². The first-order chi connectivity index (χ1) is 9.94. The maximum Gasteiger partial charge on any atom is 0.325 e. The Bertz CT molecular complexity index is 359. The van der Waals surface area contributed by atoms with Gasteiger partial charge in [0.2, 0.25) is 0 Å². The van der Waals surface area contributed by atoms with E-state index in [9.17, 15) is 4.79 Å². The first-order valence-corrected chi connectivity index (χ1v) is 8.38. The van der Waals surface area contributed by atoms with Gasteiger partial charge in [-0.25, -0.2) is 0 Å². The fourth-order valence-electron chi connectivity index (χ4n) is 3.50. The normalized spacial score (nSPS) is 30.5. The van der Waals surface area contributed by atoms with Crippen molar-refractivity contribution < 1.29 is 9.53 Å². The quantitative estimate of drug-likeness (QED) is 0.773. The van der Waals surface area contributed by atoms with Crippen LogP contribution in [0.4, 0.5) is 0 Å². The molecule has 122 valence electrons. The number of nitrogens with two attached hydrogens (primary N) is 1. The Labute approximate surface area is 128 Å². The van der Waals surface area contributed by atoms with E-state index in [2.05, 4.69) is 16.7 Å². The van der Waals surface area contributed by atoms with Crippen molar-refractivity contribution in [2.24, 2.45) is 5.73 Å². The van der Waals surface area contributed by atoms with E-state index in [0.717, 1.165) is 19.6 Å². The summed E-state index contributed by atoms with van der Waals surface area (Å²) >= 11 is 0. The van der Waals surface area contributed by atoms with Crippen molar-refractivity contribution in [2.45, 2.75) is 64.1 Å². The number of fused-ring (bicyclic) bond motifs is 1. The third-order valence-electron chi connectivity index (χ3n) is 4.98. The fraction of sp³-hybridized carbons (Fsp3) is 0.938. The summed E-state index contributed by atoms with van der Waals surface area (Å²) in [6, 6.07) is 1.24. The molecule has 2 N–H and O–H groups in total. The van der Waals surface area contributed by atoms with Crippen LogP contribution < -0.4 is 5.73 Å². The highest BCUT2D eigenvalue weighted by Crippen LogP contribution is 2.24. The van der Waals surface area contributed by atoms with Gasteiger partial charge in [-0.3, -0.25) is 14.6 Å². The minimum Gasteiger partial charge on any atom is -0.465 e. The smallest absolute Gasteiger partial charge is 0.325 e. The number of nitrogens with zero attached hydrogens (tertiary/aromatic N) is 2. The van der Waals surface area contributed by atoms with E-state index in [4.69, 9.17) is 10.5 Å². The molecule has 3 atom stereocenters. The van der Waals surface area contributed by atoms with E-state index in [-0.39, 0.29) is 5.97 Å². The largest absolute Gasteiger partial charge is 0.465 e. The van der Waals surface area contributed by atoms with Crippen LogP contribution in [0.3, 0.4) is 0 Å². The van der Waals surface area contributed by atoms with Gasteiger partial charge in [-0.2, -0.15) is 0 Å². The number of ether oxygens (including phenoxy) is 1. The molecular weight excluding hydrogens is 266 g/mol. The number of hydrogen-bond acceptors (Lipinski definition) is 5. The molecule has 0 spiro atoms. The lowest BCUT2D eigenvalue weighted by molar-refractivity contribution is -0.149. The van der Waals surface area contributed by atoms with Crippen molar-refractivity contribution in [1.29, 1.82) is 0 Å². The van der Waals surface area contributed by atoms with Crippen molar-refractivity contribution >= 4 is 5.97 Å². The van der Waals surface area contributed by atoms with Crippen LogP contribution in [0.25, 0.3) is 0 Å². The minimum absolute atomic E-state index is 0.283. The first-order valence-electron chi connectivity index (χ1n) is 8.38. The molecule has 0 radical (unpaired) electrons. The van der Waals surface area contributed by atoms with Gasteiger partial charge in [-0.15, -0.1) is 0 Å². The second-order valence-electron chi connectivity index (χ2n) is 6.88. The number of rotatable bonds is 5. The van der Waals surface area contributed by atoms with Crippen LogP contribution in [-0.2, 0) is 9.53 Å². The van der Waals surface area contributed by atoms with Crippen LogP contribution in [0.5, 0.6) is 0 Å². The standard InChI is InChI=1S/C16H31N3O2/c1-4-21-15(20)16(3,17)8-10-18-12-14-7-5-6-9-19(14)11-13(18)2/h13-14H,4-12,17H2,1-3H3. The molecule has 2 fully saturated rings. The molecule has 0 amide bonds. The molecule has 0 aliphatic carbocycles. The predicted octanol–water partition coefficient (Wildman–Crippen LogP) is 1.22. The molecular formula is C16H31N3O2. The van der Waals surface area contributed by atoms with E-state index in [1.54, 1.807) is 6.92 Å². The summed E-state index contributed by atoms with van der Waals surface area (Å²) in [6.07, 6.45) is 4.65. The van der Waals surface area contributed by atoms with Crippen molar-refractivity contribution in [1.82, 2.24) is 9.80 Å². The Balaban J connectivity index is 1.86. The predicted molar refractivity (Wildman–Crippen MR) is 84.1 cm³/mol. The molecule has 2 aliphatic heterocycles. The Morgan fingerprint density at radius 1 is 1.38 bits per heavy atom. The van der Waals surface area contributed by atoms with Crippen LogP contribution in [-0.4, -0.2) is 66.2 Å². The second-order valence-corrected chi connectivity index (χ2v) is 6.88. The summed E-state index contributed by atoms with van der Waals surface area (Å²) in [5, 5.41) is 0. The number of carbonyl (C=O) groups excluding carboxylic acids is 1. The third-order valence-corrected chi connectivity index (χ3v) is 4.98. The summed E-state index contributed by atoms with van der Waals surface area (Å²) in [5.41, 5.74) is 5.25. The molecule has 0 aromatic carbocycles. The molecule has 2 aliphatic rings. The van der Waals surface area contributed by atoms with Crippen LogP contribution >= 0.6 is 0 Å². The zero-order valence-corrected chi connectivity index (χ0v) is 13.8. The number of esters is 1. The molecule has 2 saturated heterocycles. The molecule has 0 aromatic rings. The molecule has 0 saturated carbocycles. The molecule has 5 nitrogen and oxygen atoms in total. The van der Waals surface area contributed by atoms with E-state index >= 15 is 0 Å². The van der Waals surface area contributed by atoms with E-state index in [1.165, 1.54) is 25.8 Å². The summed E-state index contributed by atoms with van der Waals surface area (Å²) in [4.78, 5) is 17.0. The summed E-state index contributed by atoms with van der Waals surface area (Å²) in [5.74, 6) is -0.283. The molecule has 21 heavy (non-hydrogen) atoms. The number of piperazine rings is 1. The molecule has 0 aromatic heterocycles. The third kappa shape index (κ3) is 4.18. The fourth-order valence-corrected chi connectivity index (χ4v) is 3.50. The SMILES string of the molecule is CCOC(=O)C(C)(N)CCN1CC2CCCCN2CC1C. The minimum atomic E-state index is -0.876. The van der Waals surface area contributed by atoms with Gasteiger partial charge >= 0.3 is 5.97 Å². The maximum absolute atomic E-state index is 11.9. The number of carbonyl (C=O) groups is 1. The Morgan fingerprint density at radius 2 is 2.14 bits per heavy atom. The van der Waals surface area contributed by atoms with Crippen molar-refractivity contribution in [3.8, 4) is 0 Å². The Morgan fingerprint density at radius 3 is 2.86 bits per heavy atom. The second kappa shape index (κ2) is 7.07. The highest BCUT2D eigenvalue weighted by atomic mass is 16.5. The van der Waals surface area contributed by atoms with Gasteiger partial charge in [0.15, 0.2) is 0 Å². The Hall–Kier alpha value is -0.650. The van der Waals surface area contributed by atoms with Crippen molar-refractivity contribution in [2.75, 3.05) is 32.8 Å². The van der Waals surface area contributed by atoms with Crippen molar-refractivity contribution in [3.63, 3.8) is 0 Å². The van der Waals surface area contributed by atoms with Gasteiger partial charge in [0, 0.05) is 31.7 Å². The van der Waals surface area contributed by atoms with E-state index < -0.39 is 5.54 Å². The topological polar surface area (TPSA) is 58.8 Å². The number of piperidine rings is 1. The number of hydrogen-bond donors (Lipinski definition) is 1. The molecule has 2 rings (SSSR count). The zero-order valence-electron chi connectivity index (χ0n) is 13.8. The summed E-state index contributed by atoms with van der Waals surface area (Å²) in [7, 11) is 0. The van der Waals surface area contributed by atoms with Gasteiger partial charge in [0.1, 0.15) is 5.54 Å². The van der Waals surface area contributed by atoms with Crippen LogP contribution in [0.1, 0.15) is 46.5 Å². The first kappa shape index (κ1) is 16.7. The lowest BCUT2D eigenvalue weighted by Crippen LogP contribution is -2.59. The molecule has 5 heteroatoms. The lowest BCUT2D eigenvalue weighted by atomic mass is 9.95.